The summed E-state index contributed by atoms with van der Waals surface area (Å²) in [6, 6.07) is 5.22. The molecule has 0 bridgehead atoms. The van der Waals surface area contributed by atoms with Gasteiger partial charge in [0.05, 0.1) is 23.0 Å². The summed E-state index contributed by atoms with van der Waals surface area (Å²) in [5.41, 5.74) is 0.625. The van der Waals surface area contributed by atoms with Gasteiger partial charge in [0.1, 0.15) is 5.75 Å². The van der Waals surface area contributed by atoms with Crippen molar-refractivity contribution in [2.75, 3.05) is 32.6 Å². The van der Waals surface area contributed by atoms with E-state index in [1.807, 2.05) is 16.7 Å². The molecule has 1 aromatic carbocycles. The van der Waals surface area contributed by atoms with E-state index in [-0.39, 0.29) is 10.7 Å². The van der Waals surface area contributed by atoms with Crippen molar-refractivity contribution in [2.24, 2.45) is 5.92 Å². The predicted octanol–water partition coefficient (Wildman–Crippen LogP) is 3.48. The highest BCUT2D eigenvalue weighted by atomic mass is 35.5. The van der Waals surface area contributed by atoms with Crippen LogP contribution in [0, 0.1) is 5.92 Å². The largest absolute Gasteiger partial charge is 0.495 e. The number of rotatable bonds is 5. The van der Waals surface area contributed by atoms with Gasteiger partial charge in [-0.3, -0.25) is 4.79 Å². The first-order valence-corrected chi connectivity index (χ1v) is 9.83. The van der Waals surface area contributed by atoms with Gasteiger partial charge in [0.2, 0.25) is 0 Å². The van der Waals surface area contributed by atoms with E-state index in [1.54, 1.807) is 25.3 Å². The van der Waals surface area contributed by atoms with Crippen LogP contribution in [-0.2, 0) is 4.74 Å². The number of nitrogens with zero attached hydrogens (tertiary/aromatic N) is 1. The Balaban J connectivity index is 1.31. The lowest BCUT2D eigenvalue weighted by Gasteiger charge is -2.47. The number of amides is 1. The molecule has 6 heteroatoms. The molecule has 3 fully saturated rings. The maximum atomic E-state index is 12.6. The highest BCUT2D eigenvalue weighted by Gasteiger charge is 2.51. The van der Waals surface area contributed by atoms with Crippen molar-refractivity contribution in [2.45, 2.75) is 30.1 Å². The molecule has 1 amide bonds. The summed E-state index contributed by atoms with van der Waals surface area (Å²) >= 11 is 8.10. The monoisotopic (exact) mass is 367 g/mol. The second-order valence-corrected chi connectivity index (χ2v) is 9.00. The summed E-state index contributed by atoms with van der Waals surface area (Å²) < 4.78 is 11.4. The van der Waals surface area contributed by atoms with Crippen LogP contribution in [0.3, 0.4) is 0 Å². The Morgan fingerprint density at radius 3 is 2.88 bits per heavy atom. The van der Waals surface area contributed by atoms with E-state index in [4.69, 9.17) is 21.1 Å². The third kappa shape index (κ3) is 3.26. The third-order valence-electron chi connectivity index (χ3n) is 5.08. The molecular weight excluding hydrogens is 346 g/mol. The lowest BCUT2D eigenvalue weighted by molar-refractivity contribution is 0.0287. The molecule has 3 aliphatic rings. The van der Waals surface area contributed by atoms with Gasteiger partial charge in [0.25, 0.3) is 5.91 Å². The minimum Gasteiger partial charge on any atom is -0.495 e. The topological polar surface area (TPSA) is 38.8 Å². The van der Waals surface area contributed by atoms with Gasteiger partial charge in [0.15, 0.2) is 0 Å². The molecule has 0 N–H and O–H groups in total. The van der Waals surface area contributed by atoms with Gasteiger partial charge in [-0.05, 0) is 43.4 Å². The first-order valence-electron chi connectivity index (χ1n) is 8.47. The number of halogens is 1. The minimum atomic E-state index is 0.0492. The summed E-state index contributed by atoms with van der Waals surface area (Å²) in [4.78, 5) is 14.5. The van der Waals surface area contributed by atoms with E-state index in [0.717, 1.165) is 37.8 Å². The molecule has 2 saturated heterocycles. The third-order valence-corrected chi connectivity index (χ3v) is 6.95. The smallest absolute Gasteiger partial charge is 0.254 e. The summed E-state index contributed by atoms with van der Waals surface area (Å²) in [6.07, 6.45) is 4.09. The van der Waals surface area contributed by atoms with E-state index < -0.39 is 0 Å². The molecule has 1 aliphatic carbocycles. The number of hydrogen-bond donors (Lipinski definition) is 0. The second kappa shape index (κ2) is 6.43. The number of likely N-dealkylation sites (tertiary alicyclic amines) is 1. The molecule has 130 valence electrons. The molecule has 1 spiro atoms. The Kier molecular flexibility index (Phi) is 4.43. The fourth-order valence-corrected chi connectivity index (χ4v) is 5.27. The van der Waals surface area contributed by atoms with Crippen LogP contribution in [-0.4, -0.2) is 54.2 Å². The molecule has 2 aliphatic heterocycles. The van der Waals surface area contributed by atoms with Gasteiger partial charge in [-0.1, -0.05) is 11.6 Å². The SMILES string of the molecule is COc1ccc(C(=O)N2CC3(CC(OCC4CC4)CS3)C2)cc1Cl. The van der Waals surface area contributed by atoms with Crippen LogP contribution < -0.4 is 4.74 Å². The average Bonchev–Trinajstić information content (AvgIpc) is 3.28. The lowest BCUT2D eigenvalue weighted by atomic mass is 9.92. The highest BCUT2D eigenvalue weighted by molar-refractivity contribution is 8.01. The number of carbonyl (C=O) groups excluding carboxylic acids is 1. The first kappa shape index (κ1) is 16.6. The van der Waals surface area contributed by atoms with E-state index in [0.29, 0.717) is 22.4 Å². The van der Waals surface area contributed by atoms with Gasteiger partial charge < -0.3 is 14.4 Å². The van der Waals surface area contributed by atoms with Gasteiger partial charge in [-0.2, -0.15) is 0 Å². The number of methoxy groups -OCH3 is 1. The van der Waals surface area contributed by atoms with Crippen molar-refractivity contribution in [1.29, 1.82) is 0 Å². The second-order valence-electron chi connectivity index (χ2n) is 7.11. The maximum Gasteiger partial charge on any atom is 0.254 e. The van der Waals surface area contributed by atoms with Crippen LogP contribution in [0.1, 0.15) is 29.6 Å². The molecule has 2 heterocycles. The van der Waals surface area contributed by atoms with Gasteiger partial charge in [0, 0.05) is 31.0 Å². The number of ether oxygens (including phenoxy) is 2. The van der Waals surface area contributed by atoms with Crippen molar-refractivity contribution < 1.29 is 14.3 Å². The minimum absolute atomic E-state index is 0.0492. The molecular formula is C18H22ClNO3S. The molecule has 24 heavy (non-hydrogen) atoms. The van der Waals surface area contributed by atoms with Crippen LogP contribution >= 0.6 is 23.4 Å². The Labute approximate surface area is 151 Å². The lowest BCUT2D eigenvalue weighted by Crippen LogP contribution is -2.60. The Hall–Kier alpha value is -0.910. The average molecular weight is 368 g/mol. The molecule has 1 aromatic rings. The Bertz CT molecular complexity index is 643. The van der Waals surface area contributed by atoms with Crippen molar-refractivity contribution >= 4 is 29.3 Å². The van der Waals surface area contributed by atoms with E-state index in [1.165, 1.54) is 12.8 Å². The van der Waals surface area contributed by atoms with Crippen molar-refractivity contribution in [3.8, 4) is 5.75 Å². The van der Waals surface area contributed by atoms with Crippen LogP contribution in [0.2, 0.25) is 5.02 Å². The van der Waals surface area contributed by atoms with Crippen molar-refractivity contribution in [1.82, 2.24) is 4.90 Å². The van der Waals surface area contributed by atoms with Crippen LogP contribution in [0.5, 0.6) is 5.75 Å². The first-order chi connectivity index (χ1) is 11.6. The standard InChI is InChI=1S/C18H22ClNO3S/c1-22-16-5-4-13(6-15(16)19)17(21)20-10-18(11-20)7-14(9-24-18)23-8-12-2-3-12/h4-6,12,14H,2-3,7-11H2,1H3. The normalized spacial score (nSPS) is 24.9. The quantitative estimate of drug-likeness (QED) is 0.798. The summed E-state index contributed by atoms with van der Waals surface area (Å²) in [6.45, 7) is 2.54. The number of hydrogen-bond acceptors (Lipinski definition) is 4. The fourth-order valence-electron chi connectivity index (χ4n) is 3.46. The zero-order chi connectivity index (χ0) is 16.7. The molecule has 1 atom stereocenters. The van der Waals surface area contributed by atoms with Crippen LogP contribution in [0.25, 0.3) is 0 Å². The Morgan fingerprint density at radius 1 is 1.42 bits per heavy atom. The molecule has 1 saturated carbocycles. The van der Waals surface area contributed by atoms with Crippen molar-refractivity contribution in [3.63, 3.8) is 0 Å². The maximum absolute atomic E-state index is 12.6. The number of benzene rings is 1. The number of carbonyl (C=O) groups is 1. The van der Waals surface area contributed by atoms with Gasteiger partial charge in [-0.25, -0.2) is 0 Å². The zero-order valence-corrected chi connectivity index (χ0v) is 15.4. The Morgan fingerprint density at radius 2 is 2.21 bits per heavy atom. The van der Waals surface area contributed by atoms with E-state index >= 15 is 0 Å². The highest BCUT2D eigenvalue weighted by Crippen LogP contribution is 2.47. The van der Waals surface area contributed by atoms with Gasteiger partial charge in [-0.15, -0.1) is 11.8 Å². The molecule has 0 aromatic heterocycles. The summed E-state index contributed by atoms with van der Waals surface area (Å²) in [7, 11) is 1.57. The van der Waals surface area contributed by atoms with Gasteiger partial charge >= 0.3 is 0 Å². The molecule has 0 radical (unpaired) electrons. The fraction of sp³-hybridized carbons (Fsp3) is 0.611. The number of thioether (sulfide) groups is 1. The molecule has 1 unspecified atom stereocenters. The predicted molar refractivity (Wildman–Crippen MR) is 96.2 cm³/mol. The van der Waals surface area contributed by atoms with E-state index in [9.17, 15) is 4.79 Å². The van der Waals surface area contributed by atoms with Crippen LogP contribution in [0.15, 0.2) is 18.2 Å². The summed E-state index contributed by atoms with van der Waals surface area (Å²) in [5.74, 6) is 2.51. The van der Waals surface area contributed by atoms with Crippen molar-refractivity contribution in [3.05, 3.63) is 28.8 Å². The molecule has 4 rings (SSSR count). The molecule has 4 nitrogen and oxygen atoms in total. The zero-order valence-electron chi connectivity index (χ0n) is 13.8. The summed E-state index contributed by atoms with van der Waals surface area (Å²) in [5, 5.41) is 0.474. The van der Waals surface area contributed by atoms with E-state index in [2.05, 4.69) is 0 Å². The van der Waals surface area contributed by atoms with Crippen LogP contribution in [0.4, 0.5) is 0 Å².